The van der Waals surface area contributed by atoms with Gasteiger partial charge in [-0.2, -0.15) is 10.4 Å². The lowest BCUT2D eigenvalue weighted by atomic mass is 10.1. The topological polar surface area (TPSA) is 79.1 Å². The number of carbonyl (C=O) groups excluding carboxylic acids is 1. The van der Waals surface area contributed by atoms with Gasteiger partial charge in [0.1, 0.15) is 6.10 Å². The number of hydrogen-bond acceptors (Lipinski definition) is 5. The summed E-state index contributed by atoms with van der Waals surface area (Å²) in [7, 11) is 0. The third-order valence-corrected chi connectivity index (χ3v) is 3.76. The molecule has 3 rings (SSSR count). The van der Waals surface area contributed by atoms with Gasteiger partial charge in [-0.1, -0.05) is 0 Å². The summed E-state index contributed by atoms with van der Waals surface area (Å²) >= 11 is 0. The molecule has 1 aromatic heterocycles. The van der Waals surface area contributed by atoms with Crippen LogP contribution in [-0.4, -0.2) is 40.2 Å². The number of ether oxygens (including phenoxy) is 1. The van der Waals surface area contributed by atoms with Crippen molar-refractivity contribution in [2.45, 2.75) is 18.9 Å². The summed E-state index contributed by atoms with van der Waals surface area (Å²) in [6.07, 6.45) is 3.28. The summed E-state index contributed by atoms with van der Waals surface area (Å²) < 4.78 is 5.80. The molecule has 116 valence electrons. The van der Waals surface area contributed by atoms with Crippen LogP contribution >= 0.6 is 0 Å². The predicted octanol–water partition coefficient (Wildman–Crippen LogP) is 2.03. The third-order valence-electron chi connectivity index (χ3n) is 3.76. The molecule has 1 aliphatic rings. The number of amides is 1. The standard InChI is InChI=1S/C17H16N4O2/c18-11-13-5-7-14(8-6-13)17(22)21-10-2-3-15(12-21)23-16-4-1-9-19-20-16/h1,4-9,15H,2-3,10,12H2/t15-/m0/s1. The van der Waals surface area contributed by atoms with Crippen molar-refractivity contribution in [3.05, 3.63) is 53.7 Å². The van der Waals surface area contributed by atoms with Gasteiger partial charge in [0.25, 0.3) is 5.91 Å². The molecule has 0 bridgehead atoms. The minimum absolute atomic E-state index is 0.0399. The first-order valence-electron chi connectivity index (χ1n) is 7.50. The Kier molecular flexibility index (Phi) is 4.48. The number of piperidine rings is 1. The Morgan fingerprint density at radius 3 is 2.83 bits per heavy atom. The monoisotopic (exact) mass is 308 g/mol. The molecule has 1 amide bonds. The lowest BCUT2D eigenvalue weighted by Gasteiger charge is -2.32. The van der Waals surface area contributed by atoms with Crippen LogP contribution in [0.2, 0.25) is 0 Å². The molecule has 1 aliphatic heterocycles. The molecule has 0 radical (unpaired) electrons. The van der Waals surface area contributed by atoms with Gasteiger partial charge in [0.15, 0.2) is 0 Å². The van der Waals surface area contributed by atoms with Gasteiger partial charge in [-0.05, 0) is 43.2 Å². The van der Waals surface area contributed by atoms with E-state index in [2.05, 4.69) is 10.2 Å². The average Bonchev–Trinajstić information content (AvgIpc) is 2.62. The maximum absolute atomic E-state index is 12.6. The van der Waals surface area contributed by atoms with E-state index in [-0.39, 0.29) is 12.0 Å². The summed E-state index contributed by atoms with van der Waals surface area (Å²) in [6, 6.07) is 12.3. The van der Waals surface area contributed by atoms with Crippen molar-refractivity contribution in [2.24, 2.45) is 0 Å². The van der Waals surface area contributed by atoms with Crippen molar-refractivity contribution < 1.29 is 9.53 Å². The van der Waals surface area contributed by atoms with Crippen molar-refractivity contribution in [2.75, 3.05) is 13.1 Å². The first-order valence-corrected chi connectivity index (χ1v) is 7.50. The van der Waals surface area contributed by atoms with Crippen LogP contribution in [0, 0.1) is 11.3 Å². The van der Waals surface area contributed by atoms with Crippen molar-refractivity contribution >= 4 is 5.91 Å². The van der Waals surface area contributed by atoms with Crippen molar-refractivity contribution in [1.82, 2.24) is 15.1 Å². The molecule has 2 heterocycles. The molecule has 0 aliphatic carbocycles. The van der Waals surface area contributed by atoms with Crippen LogP contribution in [0.25, 0.3) is 0 Å². The van der Waals surface area contributed by atoms with Crippen LogP contribution in [0.1, 0.15) is 28.8 Å². The normalized spacial score (nSPS) is 17.3. The second-order valence-electron chi connectivity index (χ2n) is 5.38. The van der Waals surface area contributed by atoms with Crippen LogP contribution in [0.4, 0.5) is 0 Å². The Balaban J connectivity index is 1.65. The summed E-state index contributed by atoms with van der Waals surface area (Å²) in [5.74, 6) is 0.437. The highest BCUT2D eigenvalue weighted by molar-refractivity contribution is 5.94. The Labute approximate surface area is 134 Å². The molecule has 6 heteroatoms. The Morgan fingerprint density at radius 1 is 1.30 bits per heavy atom. The highest BCUT2D eigenvalue weighted by Crippen LogP contribution is 2.18. The van der Waals surface area contributed by atoms with E-state index in [9.17, 15) is 4.79 Å². The average molecular weight is 308 g/mol. The van der Waals surface area contributed by atoms with Crippen molar-refractivity contribution in [3.63, 3.8) is 0 Å². The Bertz CT molecular complexity index is 710. The molecule has 0 saturated carbocycles. The summed E-state index contributed by atoms with van der Waals surface area (Å²) in [6.45, 7) is 1.23. The zero-order valence-electron chi connectivity index (χ0n) is 12.6. The fraction of sp³-hybridized carbons (Fsp3) is 0.294. The number of nitriles is 1. The van der Waals surface area contributed by atoms with Crippen LogP contribution in [0.15, 0.2) is 42.6 Å². The van der Waals surface area contributed by atoms with Gasteiger partial charge in [0, 0.05) is 24.4 Å². The smallest absolute Gasteiger partial charge is 0.253 e. The van der Waals surface area contributed by atoms with Crippen LogP contribution < -0.4 is 4.74 Å². The van der Waals surface area contributed by atoms with Gasteiger partial charge >= 0.3 is 0 Å². The largest absolute Gasteiger partial charge is 0.471 e. The summed E-state index contributed by atoms with van der Waals surface area (Å²) in [5, 5.41) is 16.5. The van der Waals surface area contributed by atoms with E-state index in [1.165, 1.54) is 0 Å². The highest BCUT2D eigenvalue weighted by atomic mass is 16.5. The number of benzene rings is 1. The molecular formula is C17H16N4O2. The second-order valence-corrected chi connectivity index (χ2v) is 5.38. The molecule has 0 N–H and O–H groups in total. The number of rotatable bonds is 3. The molecule has 1 fully saturated rings. The van der Waals surface area contributed by atoms with E-state index in [1.807, 2.05) is 6.07 Å². The zero-order valence-corrected chi connectivity index (χ0v) is 12.6. The van der Waals surface area contributed by atoms with Crippen LogP contribution in [-0.2, 0) is 0 Å². The van der Waals surface area contributed by atoms with Gasteiger partial charge < -0.3 is 9.64 Å². The highest BCUT2D eigenvalue weighted by Gasteiger charge is 2.26. The minimum atomic E-state index is -0.0808. The fourth-order valence-electron chi connectivity index (χ4n) is 2.61. The maximum atomic E-state index is 12.6. The molecule has 0 unspecified atom stereocenters. The Morgan fingerprint density at radius 2 is 2.13 bits per heavy atom. The lowest BCUT2D eigenvalue weighted by molar-refractivity contribution is 0.0525. The molecular weight excluding hydrogens is 292 g/mol. The maximum Gasteiger partial charge on any atom is 0.253 e. The Hall–Kier alpha value is -2.94. The number of carbonyl (C=O) groups is 1. The second kappa shape index (κ2) is 6.88. The van der Waals surface area contributed by atoms with E-state index < -0.39 is 0 Å². The van der Waals surface area contributed by atoms with Gasteiger partial charge in [-0.3, -0.25) is 4.79 Å². The molecule has 23 heavy (non-hydrogen) atoms. The molecule has 1 atom stereocenters. The fourth-order valence-corrected chi connectivity index (χ4v) is 2.61. The molecule has 0 spiro atoms. The third kappa shape index (κ3) is 3.64. The number of hydrogen-bond donors (Lipinski definition) is 0. The molecule has 1 aromatic carbocycles. The molecule has 6 nitrogen and oxygen atoms in total. The van der Waals surface area contributed by atoms with Crippen LogP contribution in [0.3, 0.4) is 0 Å². The number of likely N-dealkylation sites (tertiary alicyclic amines) is 1. The van der Waals surface area contributed by atoms with Gasteiger partial charge in [0.05, 0.1) is 18.2 Å². The summed E-state index contributed by atoms with van der Waals surface area (Å²) in [4.78, 5) is 14.3. The van der Waals surface area contributed by atoms with Crippen LogP contribution in [0.5, 0.6) is 5.88 Å². The first-order chi connectivity index (χ1) is 11.3. The van der Waals surface area contributed by atoms with Crippen molar-refractivity contribution in [3.8, 4) is 11.9 Å². The SMILES string of the molecule is N#Cc1ccc(C(=O)N2CCC[C@H](Oc3cccnn3)C2)cc1. The molecule has 2 aromatic rings. The quantitative estimate of drug-likeness (QED) is 0.867. The minimum Gasteiger partial charge on any atom is -0.471 e. The number of nitrogens with zero attached hydrogens (tertiary/aromatic N) is 4. The van der Waals surface area contributed by atoms with Gasteiger partial charge in [-0.25, -0.2) is 0 Å². The summed E-state index contributed by atoms with van der Waals surface area (Å²) in [5.41, 5.74) is 1.13. The first kappa shape index (κ1) is 15.0. The van der Waals surface area contributed by atoms with E-state index in [1.54, 1.807) is 47.5 Å². The van der Waals surface area contributed by atoms with E-state index in [0.29, 0.717) is 30.1 Å². The van der Waals surface area contributed by atoms with E-state index >= 15 is 0 Å². The van der Waals surface area contributed by atoms with E-state index in [4.69, 9.17) is 10.00 Å². The van der Waals surface area contributed by atoms with E-state index in [0.717, 1.165) is 12.8 Å². The number of aromatic nitrogens is 2. The van der Waals surface area contributed by atoms with Gasteiger partial charge in [0.2, 0.25) is 5.88 Å². The van der Waals surface area contributed by atoms with Crippen molar-refractivity contribution in [1.29, 1.82) is 5.26 Å². The van der Waals surface area contributed by atoms with Gasteiger partial charge in [-0.15, -0.1) is 5.10 Å². The lowest BCUT2D eigenvalue weighted by Crippen LogP contribution is -2.44. The zero-order chi connectivity index (χ0) is 16.1. The molecule has 1 saturated heterocycles. The predicted molar refractivity (Wildman–Crippen MR) is 82.7 cm³/mol.